The Hall–Kier alpha value is -4.44. The fourth-order valence-electron chi connectivity index (χ4n) is 4.09. The van der Waals surface area contributed by atoms with Crippen LogP contribution in [0.3, 0.4) is 0 Å². The molecule has 2 amide bonds. The zero-order valence-electron chi connectivity index (χ0n) is 20.1. The molecule has 10 heteroatoms. The Morgan fingerprint density at radius 1 is 1.08 bits per heavy atom. The molecule has 0 aliphatic rings. The first kappa shape index (κ1) is 24.3. The minimum atomic E-state index is -0.946. The van der Waals surface area contributed by atoms with Crippen molar-refractivity contribution >= 4 is 39.9 Å². The summed E-state index contributed by atoms with van der Waals surface area (Å²) in [6, 6.07) is 20.9. The summed E-state index contributed by atoms with van der Waals surface area (Å²) in [5, 5.41) is 13.2. The number of hydrogen-bond donors (Lipinski definition) is 1. The summed E-state index contributed by atoms with van der Waals surface area (Å²) in [5.74, 6) is 0.429. The Kier molecular flexibility index (Phi) is 7.27. The van der Waals surface area contributed by atoms with Crippen LogP contribution in [-0.2, 0) is 22.7 Å². The number of carbonyl (C=O) groups excluding carboxylic acids is 2. The van der Waals surface area contributed by atoms with E-state index in [1.807, 2.05) is 60.8 Å². The van der Waals surface area contributed by atoms with E-state index in [4.69, 9.17) is 9.15 Å². The van der Waals surface area contributed by atoms with Gasteiger partial charge in [0, 0.05) is 4.88 Å². The number of nitrogens with zero attached hydrogens (tertiary/aromatic N) is 4. The highest BCUT2D eigenvalue weighted by molar-refractivity contribution is 7.10. The van der Waals surface area contributed by atoms with E-state index in [2.05, 4.69) is 15.6 Å². The third-order valence-electron chi connectivity index (χ3n) is 5.73. The van der Waals surface area contributed by atoms with E-state index >= 15 is 0 Å². The number of hydrogen-bond acceptors (Lipinski definition) is 7. The summed E-state index contributed by atoms with van der Waals surface area (Å²) in [6.07, 6.45) is 1.55. The predicted octanol–water partition coefficient (Wildman–Crippen LogP) is 4.58. The number of rotatable bonds is 10. The summed E-state index contributed by atoms with van der Waals surface area (Å²) < 4.78 is 12.8. The first-order valence-corrected chi connectivity index (χ1v) is 12.7. The van der Waals surface area contributed by atoms with Gasteiger partial charge < -0.3 is 14.5 Å². The van der Waals surface area contributed by atoms with Crippen LogP contribution in [0, 0.1) is 0 Å². The number of amides is 2. The molecule has 37 heavy (non-hydrogen) atoms. The van der Waals surface area contributed by atoms with Gasteiger partial charge >= 0.3 is 0 Å². The lowest BCUT2D eigenvalue weighted by molar-refractivity contribution is -0.127. The Bertz CT molecular complexity index is 1480. The van der Waals surface area contributed by atoms with Crippen LogP contribution >= 0.6 is 11.3 Å². The number of thiophene rings is 1. The summed E-state index contributed by atoms with van der Waals surface area (Å²) >= 11 is 1.40. The Labute approximate surface area is 217 Å². The van der Waals surface area contributed by atoms with Crippen molar-refractivity contribution in [3.8, 4) is 5.75 Å². The van der Waals surface area contributed by atoms with Crippen molar-refractivity contribution in [1.29, 1.82) is 0 Å². The number of nitrogens with one attached hydrogen (secondary N) is 1. The van der Waals surface area contributed by atoms with E-state index in [1.165, 1.54) is 16.2 Å². The molecular formula is C27H25N5O4S. The number of ether oxygens (including phenoxy) is 1. The standard InChI is InChI=1S/C27H25N5O4S/c1-2-35-23-13-6-5-12-22(23)32(25(33)18-31-21-11-4-3-10-20(21)29-30-31)26(24-14-8-16-37-24)27(34)28-17-19-9-7-15-36-19/h3-16,26H,2,17-18H2,1H3,(H,28,34)/t26-/m0/s1. The smallest absolute Gasteiger partial charge is 0.249 e. The van der Waals surface area contributed by atoms with Crippen LogP contribution in [-0.4, -0.2) is 33.4 Å². The van der Waals surface area contributed by atoms with Crippen LogP contribution in [0.4, 0.5) is 5.69 Å². The van der Waals surface area contributed by atoms with Crippen molar-refractivity contribution in [3.63, 3.8) is 0 Å². The van der Waals surface area contributed by atoms with E-state index in [0.29, 0.717) is 34.2 Å². The number of carbonyl (C=O) groups is 2. The molecule has 0 saturated heterocycles. The molecular weight excluding hydrogens is 490 g/mol. The average molecular weight is 516 g/mol. The molecule has 0 unspecified atom stereocenters. The molecule has 0 saturated carbocycles. The third-order valence-corrected chi connectivity index (χ3v) is 6.66. The predicted molar refractivity (Wildman–Crippen MR) is 140 cm³/mol. The second-order valence-corrected chi connectivity index (χ2v) is 9.09. The van der Waals surface area contributed by atoms with Gasteiger partial charge in [0.25, 0.3) is 0 Å². The zero-order chi connectivity index (χ0) is 25.6. The molecule has 5 rings (SSSR count). The number of fused-ring (bicyclic) bond motifs is 1. The summed E-state index contributed by atoms with van der Waals surface area (Å²) in [7, 11) is 0. The molecule has 9 nitrogen and oxygen atoms in total. The molecule has 3 aromatic heterocycles. The molecule has 0 bridgehead atoms. The Morgan fingerprint density at radius 3 is 2.70 bits per heavy atom. The number of furan rings is 1. The first-order chi connectivity index (χ1) is 18.2. The molecule has 1 N–H and O–H groups in total. The highest BCUT2D eigenvalue weighted by atomic mass is 32.1. The van der Waals surface area contributed by atoms with Gasteiger partial charge in [-0.15, -0.1) is 16.4 Å². The van der Waals surface area contributed by atoms with Crippen molar-refractivity contribution in [3.05, 3.63) is 95.1 Å². The van der Waals surface area contributed by atoms with E-state index in [9.17, 15) is 9.59 Å². The van der Waals surface area contributed by atoms with Crippen LogP contribution in [0.15, 0.2) is 88.9 Å². The van der Waals surface area contributed by atoms with Gasteiger partial charge in [-0.25, -0.2) is 4.68 Å². The van der Waals surface area contributed by atoms with E-state index < -0.39 is 6.04 Å². The van der Waals surface area contributed by atoms with E-state index in [1.54, 1.807) is 35.2 Å². The highest BCUT2D eigenvalue weighted by Gasteiger charge is 2.35. The van der Waals surface area contributed by atoms with Gasteiger partial charge in [0.15, 0.2) is 0 Å². The second-order valence-electron chi connectivity index (χ2n) is 8.12. The van der Waals surface area contributed by atoms with Gasteiger partial charge in [-0.05, 0) is 54.8 Å². The lowest BCUT2D eigenvalue weighted by Gasteiger charge is -2.31. The summed E-state index contributed by atoms with van der Waals surface area (Å²) in [4.78, 5) is 30.0. The molecule has 188 valence electrons. The van der Waals surface area contributed by atoms with Gasteiger partial charge in [0.1, 0.15) is 29.6 Å². The largest absolute Gasteiger partial charge is 0.492 e. The lowest BCUT2D eigenvalue weighted by Crippen LogP contribution is -2.45. The molecule has 0 aliphatic heterocycles. The van der Waals surface area contributed by atoms with Crippen LogP contribution in [0.25, 0.3) is 11.0 Å². The molecule has 0 spiro atoms. The lowest BCUT2D eigenvalue weighted by atomic mass is 10.1. The monoisotopic (exact) mass is 515 g/mol. The SMILES string of the molecule is CCOc1ccccc1N(C(=O)Cn1nnc2ccccc21)[C@H](C(=O)NCc1ccco1)c1cccs1. The maximum Gasteiger partial charge on any atom is 0.249 e. The van der Waals surface area contributed by atoms with Crippen molar-refractivity contribution in [2.75, 3.05) is 11.5 Å². The third kappa shape index (κ3) is 5.24. The number of anilines is 1. The molecule has 1 atom stereocenters. The number of benzene rings is 2. The van der Waals surface area contributed by atoms with Crippen molar-refractivity contribution in [1.82, 2.24) is 20.3 Å². The van der Waals surface area contributed by atoms with Crippen molar-refractivity contribution < 1.29 is 18.7 Å². The van der Waals surface area contributed by atoms with Crippen LogP contribution in [0.1, 0.15) is 23.6 Å². The fourth-order valence-corrected chi connectivity index (χ4v) is 4.91. The van der Waals surface area contributed by atoms with Crippen LogP contribution < -0.4 is 15.0 Å². The second kappa shape index (κ2) is 11.1. The summed E-state index contributed by atoms with van der Waals surface area (Å²) in [6.45, 7) is 2.35. The molecule has 0 radical (unpaired) electrons. The van der Waals surface area contributed by atoms with E-state index in [0.717, 1.165) is 5.52 Å². The van der Waals surface area contributed by atoms with Gasteiger partial charge in [0.2, 0.25) is 11.8 Å². The number of aromatic nitrogens is 3. The minimum absolute atomic E-state index is 0.117. The number of para-hydroxylation sites is 3. The quantitative estimate of drug-likeness (QED) is 0.292. The normalized spacial score (nSPS) is 11.8. The van der Waals surface area contributed by atoms with Crippen molar-refractivity contribution in [2.24, 2.45) is 0 Å². The molecule has 0 aliphatic carbocycles. The minimum Gasteiger partial charge on any atom is -0.492 e. The zero-order valence-corrected chi connectivity index (χ0v) is 20.9. The van der Waals surface area contributed by atoms with Gasteiger partial charge in [-0.3, -0.25) is 14.5 Å². The Morgan fingerprint density at radius 2 is 1.92 bits per heavy atom. The van der Waals surface area contributed by atoms with Gasteiger partial charge in [-0.2, -0.15) is 0 Å². The van der Waals surface area contributed by atoms with Crippen LogP contribution in [0.2, 0.25) is 0 Å². The topological polar surface area (TPSA) is 102 Å². The molecule has 3 heterocycles. The molecule has 5 aromatic rings. The average Bonchev–Trinajstić information content (AvgIpc) is 3.70. The maximum atomic E-state index is 14.1. The van der Waals surface area contributed by atoms with Crippen molar-refractivity contribution in [2.45, 2.75) is 26.1 Å². The fraction of sp³-hybridized carbons (Fsp3) is 0.185. The maximum absolute atomic E-state index is 14.1. The summed E-state index contributed by atoms with van der Waals surface area (Å²) in [5.41, 5.74) is 1.90. The van der Waals surface area contributed by atoms with Gasteiger partial charge in [0.05, 0.1) is 30.6 Å². The molecule has 2 aromatic carbocycles. The Balaban J connectivity index is 1.56. The molecule has 0 fully saturated rings. The van der Waals surface area contributed by atoms with E-state index in [-0.39, 0.29) is 24.9 Å². The van der Waals surface area contributed by atoms with Crippen LogP contribution in [0.5, 0.6) is 5.75 Å². The van der Waals surface area contributed by atoms with Gasteiger partial charge in [-0.1, -0.05) is 35.5 Å². The first-order valence-electron chi connectivity index (χ1n) is 11.8. The highest BCUT2D eigenvalue weighted by Crippen LogP contribution is 2.37.